The zero-order chi connectivity index (χ0) is 20.3. The van der Waals surface area contributed by atoms with Crippen molar-refractivity contribution in [3.63, 3.8) is 0 Å². The number of nitro groups is 1. The van der Waals surface area contributed by atoms with E-state index in [0.29, 0.717) is 43.5 Å². The first-order valence-electron chi connectivity index (χ1n) is 9.33. The van der Waals surface area contributed by atoms with Crippen molar-refractivity contribution < 1.29 is 13.3 Å². The maximum absolute atomic E-state index is 12.9. The summed E-state index contributed by atoms with van der Waals surface area (Å²) in [5.74, 6) is 0.361. The zero-order valence-electron chi connectivity index (χ0n) is 16.1. The minimum Gasteiger partial charge on any atom is -0.296 e. The van der Waals surface area contributed by atoms with Crippen molar-refractivity contribution in [3.8, 4) is 0 Å². The highest BCUT2D eigenvalue weighted by Crippen LogP contribution is 2.22. The first-order valence-corrected chi connectivity index (χ1v) is 10.8. The van der Waals surface area contributed by atoms with Gasteiger partial charge in [0.15, 0.2) is 0 Å². The monoisotopic (exact) mass is 403 g/mol. The average molecular weight is 404 g/mol. The van der Waals surface area contributed by atoms with Gasteiger partial charge in [-0.1, -0.05) is 38.1 Å². The second-order valence-electron chi connectivity index (χ2n) is 7.33. The molecule has 28 heavy (non-hydrogen) atoms. The maximum Gasteiger partial charge on any atom is 0.269 e. The fourth-order valence-electron chi connectivity index (χ4n) is 3.28. The van der Waals surface area contributed by atoms with Crippen LogP contribution >= 0.6 is 0 Å². The average Bonchev–Trinajstić information content (AvgIpc) is 2.69. The number of sulfonamides is 1. The highest BCUT2D eigenvalue weighted by molar-refractivity contribution is 7.89. The quantitative estimate of drug-likeness (QED) is 0.546. The molecule has 150 valence electrons. The summed E-state index contributed by atoms with van der Waals surface area (Å²) in [6.07, 6.45) is 0. The molecule has 8 heteroatoms. The Hall–Kier alpha value is -2.29. The smallest absolute Gasteiger partial charge is 0.269 e. The molecule has 1 fully saturated rings. The topological polar surface area (TPSA) is 83.8 Å². The largest absolute Gasteiger partial charge is 0.296 e. The zero-order valence-corrected chi connectivity index (χ0v) is 16.9. The third kappa shape index (κ3) is 4.57. The van der Waals surface area contributed by atoms with Crippen molar-refractivity contribution in [1.82, 2.24) is 9.21 Å². The molecule has 0 bridgehead atoms. The van der Waals surface area contributed by atoms with Crippen molar-refractivity contribution in [2.75, 3.05) is 26.2 Å². The van der Waals surface area contributed by atoms with Crippen LogP contribution in [-0.2, 0) is 16.6 Å². The van der Waals surface area contributed by atoms with Crippen LogP contribution < -0.4 is 0 Å². The van der Waals surface area contributed by atoms with E-state index in [9.17, 15) is 18.5 Å². The van der Waals surface area contributed by atoms with Gasteiger partial charge in [0.25, 0.3) is 5.69 Å². The number of hydrogen-bond acceptors (Lipinski definition) is 5. The summed E-state index contributed by atoms with van der Waals surface area (Å²) in [6.45, 7) is 6.92. The summed E-state index contributed by atoms with van der Waals surface area (Å²) in [5, 5.41) is 10.7. The van der Waals surface area contributed by atoms with Gasteiger partial charge < -0.3 is 0 Å². The molecule has 0 unspecified atom stereocenters. The maximum atomic E-state index is 12.9. The number of piperazine rings is 1. The van der Waals surface area contributed by atoms with Crippen molar-refractivity contribution >= 4 is 15.7 Å². The van der Waals surface area contributed by atoms with Gasteiger partial charge in [-0.15, -0.1) is 0 Å². The van der Waals surface area contributed by atoms with Gasteiger partial charge in [0, 0.05) is 44.9 Å². The Bertz CT molecular complexity index is 917. The van der Waals surface area contributed by atoms with Crippen molar-refractivity contribution in [3.05, 3.63) is 69.8 Å². The molecule has 0 spiro atoms. The van der Waals surface area contributed by atoms with E-state index < -0.39 is 14.9 Å². The van der Waals surface area contributed by atoms with E-state index in [4.69, 9.17) is 0 Å². The second kappa shape index (κ2) is 8.38. The summed E-state index contributed by atoms with van der Waals surface area (Å²) in [5.41, 5.74) is 2.17. The predicted molar refractivity (Wildman–Crippen MR) is 108 cm³/mol. The lowest BCUT2D eigenvalue weighted by Gasteiger charge is -2.34. The van der Waals surface area contributed by atoms with Crippen LogP contribution in [0.3, 0.4) is 0 Å². The first kappa shape index (κ1) is 20.4. The van der Waals surface area contributed by atoms with Gasteiger partial charge in [0.2, 0.25) is 10.0 Å². The molecule has 1 saturated heterocycles. The van der Waals surface area contributed by atoms with Crippen LogP contribution in [0, 0.1) is 10.1 Å². The van der Waals surface area contributed by atoms with E-state index in [1.54, 1.807) is 24.3 Å². The van der Waals surface area contributed by atoms with Gasteiger partial charge in [0.1, 0.15) is 0 Å². The highest BCUT2D eigenvalue weighted by atomic mass is 32.2. The fourth-order valence-corrected chi connectivity index (χ4v) is 4.71. The molecule has 0 saturated carbocycles. The van der Waals surface area contributed by atoms with Gasteiger partial charge in [-0.25, -0.2) is 8.42 Å². The fraction of sp³-hybridized carbons (Fsp3) is 0.400. The normalized spacial score (nSPS) is 16.4. The molecule has 3 rings (SSSR count). The molecule has 0 aromatic heterocycles. The molecule has 1 heterocycles. The summed E-state index contributed by atoms with van der Waals surface area (Å²) in [6, 6.07) is 13.6. The Kier molecular flexibility index (Phi) is 6.12. The number of benzene rings is 2. The van der Waals surface area contributed by atoms with E-state index in [-0.39, 0.29) is 5.69 Å². The highest BCUT2D eigenvalue weighted by Gasteiger charge is 2.28. The minimum absolute atomic E-state index is 0.0724. The number of hydrogen-bond donors (Lipinski definition) is 0. The molecule has 2 aromatic carbocycles. The first-order chi connectivity index (χ1) is 13.3. The number of non-ortho nitro benzene ring substituents is 1. The molecule has 1 aliphatic heterocycles. The van der Waals surface area contributed by atoms with Crippen LogP contribution in [0.4, 0.5) is 5.69 Å². The molecular weight excluding hydrogens is 378 g/mol. The SMILES string of the molecule is CC(C)c1ccc(S(=O)(=O)N2CCN(Cc3ccc([N+](=O)[O-])cc3)CC2)cc1. The molecular formula is C20H25N3O4S. The van der Waals surface area contributed by atoms with Crippen LogP contribution in [0.2, 0.25) is 0 Å². The Labute approximate surface area is 165 Å². The summed E-state index contributed by atoms with van der Waals surface area (Å²) >= 11 is 0. The number of nitro benzene ring substituents is 1. The van der Waals surface area contributed by atoms with Crippen molar-refractivity contribution in [2.24, 2.45) is 0 Å². The van der Waals surface area contributed by atoms with Gasteiger partial charge in [-0.3, -0.25) is 15.0 Å². The Morgan fingerprint density at radius 2 is 1.54 bits per heavy atom. The molecule has 2 aromatic rings. The van der Waals surface area contributed by atoms with Crippen molar-refractivity contribution in [1.29, 1.82) is 0 Å². The molecule has 1 aliphatic rings. The van der Waals surface area contributed by atoms with E-state index in [0.717, 1.165) is 11.1 Å². The molecule has 7 nitrogen and oxygen atoms in total. The number of rotatable bonds is 6. The van der Waals surface area contributed by atoms with Gasteiger partial charge >= 0.3 is 0 Å². The standard InChI is InChI=1S/C20H25N3O4S/c1-16(2)18-5-9-20(10-6-18)28(26,27)22-13-11-21(12-14-22)15-17-3-7-19(8-4-17)23(24)25/h3-10,16H,11-15H2,1-2H3. The Balaban J connectivity index is 1.60. The number of nitrogens with zero attached hydrogens (tertiary/aromatic N) is 3. The lowest BCUT2D eigenvalue weighted by Crippen LogP contribution is -2.48. The Morgan fingerprint density at radius 1 is 0.964 bits per heavy atom. The third-order valence-electron chi connectivity index (χ3n) is 5.07. The Morgan fingerprint density at radius 3 is 2.04 bits per heavy atom. The molecule has 0 radical (unpaired) electrons. The van der Waals surface area contributed by atoms with E-state index in [2.05, 4.69) is 18.7 Å². The lowest BCUT2D eigenvalue weighted by atomic mass is 10.0. The van der Waals surface area contributed by atoms with Crippen LogP contribution in [0.15, 0.2) is 53.4 Å². The van der Waals surface area contributed by atoms with E-state index >= 15 is 0 Å². The van der Waals surface area contributed by atoms with Gasteiger partial charge in [-0.05, 0) is 29.2 Å². The van der Waals surface area contributed by atoms with Crippen molar-refractivity contribution in [2.45, 2.75) is 31.2 Å². The summed E-state index contributed by atoms with van der Waals surface area (Å²) < 4.78 is 27.3. The predicted octanol–water partition coefficient (Wildman–Crippen LogP) is 3.22. The van der Waals surface area contributed by atoms with E-state index in [1.807, 2.05) is 12.1 Å². The summed E-state index contributed by atoms with van der Waals surface area (Å²) in [7, 11) is -3.48. The van der Waals surface area contributed by atoms with Crippen LogP contribution in [-0.4, -0.2) is 48.7 Å². The summed E-state index contributed by atoms with van der Waals surface area (Å²) in [4.78, 5) is 12.8. The molecule has 0 amide bonds. The second-order valence-corrected chi connectivity index (χ2v) is 9.27. The molecule has 0 N–H and O–H groups in total. The molecule has 0 aliphatic carbocycles. The minimum atomic E-state index is -3.48. The van der Waals surface area contributed by atoms with Gasteiger partial charge in [0.05, 0.1) is 9.82 Å². The molecule has 0 atom stereocenters. The van der Waals surface area contributed by atoms with Crippen LogP contribution in [0.1, 0.15) is 30.9 Å². The van der Waals surface area contributed by atoms with Crippen LogP contribution in [0.25, 0.3) is 0 Å². The van der Waals surface area contributed by atoms with Crippen LogP contribution in [0.5, 0.6) is 0 Å². The van der Waals surface area contributed by atoms with Gasteiger partial charge in [-0.2, -0.15) is 4.31 Å². The van der Waals surface area contributed by atoms with E-state index in [1.165, 1.54) is 16.4 Å². The lowest BCUT2D eigenvalue weighted by molar-refractivity contribution is -0.384. The third-order valence-corrected chi connectivity index (χ3v) is 6.98.